The minimum absolute atomic E-state index is 0.279. The molecule has 0 aliphatic rings. The van der Waals surface area contributed by atoms with Crippen LogP contribution in [0.1, 0.15) is 31.7 Å². The van der Waals surface area contributed by atoms with E-state index in [9.17, 15) is 8.42 Å². The lowest BCUT2D eigenvalue weighted by atomic mass is 10.1. The molecule has 0 aliphatic carbocycles. The van der Waals surface area contributed by atoms with E-state index in [0.717, 1.165) is 19.3 Å². The zero-order valence-corrected chi connectivity index (χ0v) is 11.8. The summed E-state index contributed by atoms with van der Waals surface area (Å²) in [5, 5.41) is -0.306. The first-order chi connectivity index (χ1) is 8.56. The highest BCUT2D eigenvalue weighted by Gasteiger charge is 2.19. The van der Waals surface area contributed by atoms with Crippen molar-refractivity contribution >= 4 is 9.84 Å². The lowest BCUT2D eigenvalue weighted by Gasteiger charge is -2.11. The summed E-state index contributed by atoms with van der Waals surface area (Å²) in [6.45, 7) is 2.18. The van der Waals surface area contributed by atoms with Crippen molar-refractivity contribution < 1.29 is 8.42 Å². The molecule has 0 saturated heterocycles. The van der Waals surface area contributed by atoms with Crippen LogP contribution in [0.25, 0.3) is 0 Å². The maximum absolute atomic E-state index is 11.9. The third-order valence-electron chi connectivity index (χ3n) is 3.17. The maximum atomic E-state index is 11.9. The van der Waals surface area contributed by atoms with Gasteiger partial charge in [-0.2, -0.15) is 0 Å². The van der Waals surface area contributed by atoms with Gasteiger partial charge in [0.1, 0.15) is 0 Å². The molecule has 0 fully saturated rings. The fourth-order valence-corrected chi connectivity index (χ4v) is 3.40. The SMILES string of the molecule is CC(CCN)S(=O)(=O)CCCCc1ccccc1. The minimum Gasteiger partial charge on any atom is -0.330 e. The van der Waals surface area contributed by atoms with Crippen molar-refractivity contribution in [2.45, 2.75) is 37.9 Å². The number of hydrogen-bond donors (Lipinski definition) is 1. The average molecular weight is 269 g/mol. The second-order valence-electron chi connectivity index (χ2n) is 4.70. The van der Waals surface area contributed by atoms with Gasteiger partial charge in [0.2, 0.25) is 0 Å². The fraction of sp³-hybridized carbons (Fsp3) is 0.571. The Labute approximate surface area is 110 Å². The van der Waals surface area contributed by atoms with Crippen molar-refractivity contribution in [1.29, 1.82) is 0 Å². The molecule has 0 radical (unpaired) electrons. The van der Waals surface area contributed by atoms with Crippen molar-refractivity contribution in [3.8, 4) is 0 Å². The van der Waals surface area contributed by atoms with Crippen LogP contribution in [0.5, 0.6) is 0 Å². The summed E-state index contributed by atoms with van der Waals surface area (Å²) in [7, 11) is -2.96. The standard InChI is InChI=1S/C14H23NO2S/c1-13(10-11-15)18(16,17)12-6-5-9-14-7-3-2-4-8-14/h2-4,7-8,13H,5-6,9-12,15H2,1H3. The van der Waals surface area contributed by atoms with Crippen molar-refractivity contribution in [3.05, 3.63) is 35.9 Å². The van der Waals surface area contributed by atoms with Crippen LogP contribution in [-0.2, 0) is 16.3 Å². The third kappa shape index (κ3) is 5.19. The molecule has 1 rings (SSSR count). The van der Waals surface area contributed by atoms with E-state index in [4.69, 9.17) is 5.73 Å². The molecule has 1 aromatic rings. The second kappa shape index (κ2) is 7.54. The van der Waals surface area contributed by atoms with Gasteiger partial charge >= 0.3 is 0 Å². The van der Waals surface area contributed by atoms with Crippen LogP contribution in [0.2, 0.25) is 0 Å². The summed E-state index contributed by atoms with van der Waals surface area (Å²) in [5.41, 5.74) is 6.66. The zero-order valence-electron chi connectivity index (χ0n) is 11.0. The minimum atomic E-state index is -2.96. The summed E-state index contributed by atoms with van der Waals surface area (Å²) in [6, 6.07) is 10.2. The molecule has 4 heteroatoms. The predicted octanol–water partition coefficient (Wildman–Crippen LogP) is 2.16. The van der Waals surface area contributed by atoms with Crippen molar-refractivity contribution in [2.75, 3.05) is 12.3 Å². The Morgan fingerprint density at radius 1 is 1.17 bits per heavy atom. The highest BCUT2D eigenvalue weighted by Crippen LogP contribution is 2.10. The molecule has 1 aromatic carbocycles. The van der Waals surface area contributed by atoms with E-state index >= 15 is 0 Å². The number of rotatable bonds is 8. The Bertz CT molecular complexity index is 428. The van der Waals surface area contributed by atoms with Gasteiger partial charge in [-0.25, -0.2) is 8.42 Å². The van der Waals surface area contributed by atoms with Crippen molar-refractivity contribution in [3.63, 3.8) is 0 Å². The normalized spacial score (nSPS) is 13.4. The van der Waals surface area contributed by atoms with Gasteiger partial charge in [0.05, 0.1) is 11.0 Å². The highest BCUT2D eigenvalue weighted by molar-refractivity contribution is 7.91. The van der Waals surface area contributed by atoms with Gasteiger partial charge in [-0.05, 0) is 44.7 Å². The molecule has 18 heavy (non-hydrogen) atoms. The Balaban J connectivity index is 2.29. The van der Waals surface area contributed by atoms with Crippen LogP contribution in [0, 0.1) is 0 Å². The van der Waals surface area contributed by atoms with Crippen LogP contribution < -0.4 is 5.73 Å². The van der Waals surface area contributed by atoms with E-state index in [1.54, 1.807) is 6.92 Å². The van der Waals surface area contributed by atoms with Crippen molar-refractivity contribution in [2.24, 2.45) is 5.73 Å². The first-order valence-corrected chi connectivity index (χ1v) is 8.23. The summed E-state index contributed by atoms with van der Waals surface area (Å²) >= 11 is 0. The van der Waals surface area contributed by atoms with Gasteiger partial charge in [-0.15, -0.1) is 0 Å². The molecule has 0 spiro atoms. The molecule has 102 valence electrons. The molecule has 0 aromatic heterocycles. The molecule has 2 N–H and O–H groups in total. The van der Waals surface area contributed by atoms with Crippen LogP contribution in [0.15, 0.2) is 30.3 Å². The molecular weight excluding hydrogens is 246 g/mol. The molecule has 0 saturated carbocycles. The number of unbranched alkanes of at least 4 members (excludes halogenated alkanes) is 1. The topological polar surface area (TPSA) is 60.2 Å². The molecule has 1 unspecified atom stereocenters. The van der Waals surface area contributed by atoms with Gasteiger partial charge in [0.15, 0.2) is 9.84 Å². The van der Waals surface area contributed by atoms with E-state index < -0.39 is 9.84 Å². The Morgan fingerprint density at radius 2 is 1.83 bits per heavy atom. The van der Waals surface area contributed by atoms with Gasteiger partial charge in [-0.3, -0.25) is 0 Å². The first kappa shape index (κ1) is 15.2. The molecule has 0 amide bonds. The Morgan fingerprint density at radius 3 is 2.44 bits per heavy atom. The first-order valence-electron chi connectivity index (χ1n) is 6.52. The summed E-state index contributed by atoms with van der Waals surface area (Å²) in [5.74, 6) is 0.279. The Hall–Kier alpha value is -0.870. The lowest BCUT2D eigenvalue weighted by Crippen LogP contribution is -2.24. The number of benzene rings is 1. The molecule has 0 aliphatic heterocycles. The van der Waals surface area contributed by atoms with E-state index in [2.05, 4.69) is 12.1 Å². The van der Waals surface area contributed by atoms with Crippen LogP contribution in [0.4, 0.5) is 0 Å². The van der Waals surface area contributed by atoms with Crippen LogP contribution in [0.3, 0.4) is 0 Å². The van der Waals surface area contributed by atoms with Gasteiger partial charge in [-0.1, -0.05) is 30.3 Å². The van der Waals surface area contributed by atoms with Crippen molar-refractivity contribution in [1.82, 2.24) is 0 Å². The summed E-state index contributed by atoms with van der Waals surface area (Å²) in [4.78, 5) is 0. The predicted molar refractivity (Wildman–Crippen MR) is 76.3 cm³/mol. The lowest BCUT2D eigenvalue weighted by molar-refractivity contribution is 0.574. The van der Waals surface area contributed by atoms with E-state index in [-0.39, 0.29) is 11.0 Å². The highest BCUT2D eigenvalue weighted by atomic mass is 32.2. The van der Waals surface area contributed by atoms with E-state index in [0.29, 0.717) is 13.0 Å². The molecule has 0 heterocycles. The summed E-state index contributed by atoms with van der Waals surface area (Å²) < 4.78 is 23.8. The van der Waals surface area contributed by atoms with Gasteiger partial charge in [0.25, 0.3) is 0 Å². The van der Waals surface area contributed by atoms with Crippen LogP contribution in [-0.4, -0.2) is 26.0 Å². The number of nitrogens with two attached hydrogens (primary N) is 1. The fourth-order valence-electron chi connectivity index (χ4n) is 1.89. The molecule has 3 nitrogen and oxygen atoms in total. The third-order valence-corrected chi connectivity index (χ3v) is 5.49. The maximum Gasteiger partial charge on any atom is 0.152 e. The van der Waals surface area contributed by atoms with E-state index in [1.165, 1.54) is 5.56 Å². The van der Waals surface area contributed by atoms with Crippen LogP contribution >= 0.6 is 0 Å². The molecule has 1 atom stereocenters. The number of aryl methyl sites for hydroxylation is 1. The Kier molecular flexibility index (Phi) is 6.36. The summed E-state index contributed by atoms with van der Waals surface area (Å²) in [6.07, 6.45) is 3.15. The number of sulfone groups is 1. The largest absolute Gasteiger partial charge is 0.330 e. The molecule has 0 bridgehead atoms. The molecular formula is C14H23NO2S. The average Bonchev–Trinajstić information content (AvgIpc) is 2.36. The smallest absolute Gasteiger partial charge is 0.152 e. The second-order valence-corrected chi connectivity index (χ2v) is 7.24. The monoisotopic (exact) mass is 269 g/mol. The zero-order chi connectivity index (χ0) is 13.4. The quantitative estimate of drug-likeness (QED) is 0.736. The number of hydrogen-bond acceptors (Lipinski definition) is 3. The van der Waals surface area contributed by atoms with E-state index in [1.807, 2.05) is 18.2 Å². The van der Waals surface area contributed by atoms with Gasteiger partial charge < -0.3 is 5.73 Å². The van der Waals surface area contributed by atoms with Gasteiger partial charge in [0, 0.05) is 0 Å².